The van der Waals surface area contributed by atoms with Gasteiger partial charge in [0, 0.05) is 25.2 Å². The number of nitrogens with zero attached hydrogens (tertiary/aromatic N) is 1. The first-order valence-electron chi connectivity index (χ1n) is 6.66. The Hall–Kier alpha value is -0.670. The van der Waals surface area contributed by atoms with Gasteiger partial charge >= 0.3 is 0 Å². The molecule has 7 nitrogen and oxygen atoms in total. The lowest BCUT2D eigenvalue weighted by Gasteiger charge is -2.24. The number of carbonyl (C=O) groups is 1. The maximum absolute atomic E-state index is 11.4. The van der Waals surface area contributed by atoms with Gasteiger partial charge in [-0.25, -0.2) is 16.8 Å². The van der Waals surface area contributed by atoms with Crippen molar-refractivity contribution in [2.75, 3.05) is 36.1 Å². The summed E-state index contributed by atoms with van der Waals surface area (Å²) in [6, 6.07) is -0.299. The van der Waals surface area contributed by atoms with E-state index in [0.29, 0.717) is 32.3 Å². The van der Waals surface area contributed by atoms with Gasteiger partial charge in [-0.3, -0.25) is 4.79 Å². The van der Waals surface area contributed by atoms with Gasteiger partial charge in [0.05, 0.1) is 23.0 Å². The van der Waals surface area contributed by atoms with Crippen LogP contribution < -0.4 is 5.32 Å². The molecule has 20 heavy (non-hydrogen) atoms. The average molecular weight is 324 g/mol. The lowest BCUT2D eigenvalue weighted by molar-refractivity contribution is -0.119. The summed E-state index contributed by atoms with van der Waals surface area (Å²) < 4.78 is 45.4. The van der Waals surface area contributed by atoms with Crippen molar-refractivity contribution in [3.8, 4) is 0 Å². The number of sulfone groups is 2. The molecule has 2 fully saturated rings. The van der Waals surface area contributed by atoms with E-state index in [4.69, 9.17) is 0 Å². The standard InChI is InChI=1S/C11H20N2O5S2/c14-9-13(11-2-6-20(17,18)8-11)4-3-12-10-1-5-19(15,16)7-10/h9-12H,1-8H2/t10-,11+/m1/s1. The predicted octanol–water partition coefficient (Wildman–Crippen LogP) is -1.59. The first-order chi connectivity index (χ1) is 9.31. The molecule has 0 saturated carbocycles. The molecule has 116 valence electrons. The first-order valence-corrected chi connectivity index (χ1v) is 10.3. The largest absolute Gasteiger partial charge is 0.340 e. The van der Waals surface area contributed by atoms with Crippen LogP contribution in [0.3, 0.4) is 0 Å². The van der Waals surface area contributed by atoms with Crippen LogP contribution in [0, 0.1) is 0 Å². The molecule has 0 spiro atoms. The van der Waals surface area contributed by atoms with Crippen LogP contribution in [0.5, 0.6) is 0 Å². The lowest BCUT2D eigenvalue weighted by atomic mass is 10.2. The zero-order valence-electron chi connectivity index (χ0n) is 11.2. The molecule has 0 aromatic carbocycles. The van der Waals surface area contributed by atoms with E-state index < -0.39 is 19.7 Å². The Kier molecular flexibility index (Phi) is 4.70. The van der Waals surface area contributed by atoms with Crippen LogP contribution >= 0.6 is 0 Å². The van der Waals surface area contributed by atoms with Crippen LogP contribution in [0.4, 0.5) is 0 Å². The van der Waals surface area contributed by atoms with E-state index in [1.165, 1.54) is 4.90 Å². The number of carbonyl (C=O) groups excluding carboxylic acids is 1. The minimum Gasteiger partial charge on any atom is -0.340 e. The molecule has 2 rings (SSSR count). The summed E-state index contributed by atoms with van der Waals surface area (Å²) in [5.41, 5.74) is 0. The summed E-state index contributed by atoms with van der Waals surface area (Å²) in [6.07, 6.45) is 1.76. The third kappa shape index (κ3) is 4.16. The monoisotopic (exact) mass is 324 g/mol. The number of hydrogen-bond acceptors (Lipinski definition) is 6. The Labute approximate surface area is 119 Å². The van der Waals surface area contributed by atoms with Crippen LogP contribution in [-0.2, 0) is 24.5 Å². The van der Waals surface area contributed by atoms with Gasteiger partial charge in [-0.1, -0.05) is 0 Å². The average Bonchev–Trinajstić information content (AvgIpc) is 2.87. The molecule has 0 unspecified atom stereocenters. The Balaban J connectivity index is 1.76. The summed E-state index contributed by atoms with van der Waals surface area (Å²) >= 11 is 0. The van der Waals surface area contributed by atoms with Gasteiger partial charge in [0.25, 0.3) is 0 Å². The second-order valence-corrected chi connectivity index (χ2v) is 9.91. The highest BCUT2D eigenvalue weighted by molar-refractivity contribution is 7.91. The van der Waals surface area contributed by atoms with Gasteiger partial charge in [0.15, 0.2) is 19.7 Å². The van der Waals surface area contributed by atoms with Crippen molar-refractivity contribution >= 4 is 26.1 Å². The van der Waals surface area contributed by atoms with E-state index in [1.54, 1.807) is 0 Å². The van der Waals surface area contributed by atoms with E-state index >= 15 is 0 Å². The topological polar surface area (TPSA) is 101 Å². The van der Waals surface area contributed by atoms with Crippen molar-refractivity contribution in [1.29, 1.82) is 0 Å². The Morgan fingerprint density at radius 2 is 1.70 bits per heavy atom. The fourth-order valence-corrected chi connectivity index (χ4v) is 6.16. The molecule has 0 bridgehead atoms. The van der Waals surface area contributed by atoms with Gasteiger partial charge in [-0.05, 0) is 12.8 Å². The molecule has 2 heterocycles. The molecule has 1 amide bonds. The van der Waals surface area contributed by atoms with E-state index in [9.17, 15) is 21.6 Å². The maximum atomic E-state index is 11.4. The normalized spacial score (nSPS) is 31.2. The fraction of sp³-hybridized carbons (Fsp3) is 0.909. The van der Waals surface area contributed by atoms with Crippen molar-refractivity contribution in [2.24, 2.45) is 0 Å². The summed E-state index contributed by atoms with van der Waals surface area (Å²) in [5, 5.41) is 3.12. The lowest BCUT2D eigenvalue weighted by Crippen LogP contribution is -2.42. The summed E-state index contributed by atoms with van der Waals surface area (Å²) in [4.78, 5) is 12.5. The zero-order chi connectivity index (χ0) is 14.8. The molecule has 0 aromatic heterocycles. The van der Waals surface area contributed by atoms with Crippen LogP contribution in [0.2, 0.25) is 0 Å². The maximum Gasteiger partial charge on any atom is 0.210 e. The van der Waals surface area contributed by atoms with Crippen LogP contribution in [0.1, 0.15) is 12.8 Å². The number of hydrogen-bond donors (Lipinski definition) is 1. The molecule has 0 aromatic rings. The molecular weight excluding hydrogens is 304 g/mol. The number of nitrogens with one attached hydrogen (secondary N) is 1. The van der Waals surface area contributed by atoms with Crippen LogP contribution in [-0.4, -0.2) is 76.3 Å². The molecule has 9 heteroatoms. The van der Waals surface area contributed by atoms with Gasteiger partial charge in [-0.15, -0.1) is 0 Å². The minimum absolute atomic E-state index is 0.0313. The summed E-state index contributed by atoms with van der Waals surface area (Å²) in [6.45, 7) is 0.885. The van der Waals surface area contributed by atoms with E-state index in [2.05, 4.69) is 5.32 Å². The van der Waals surface area contributed by atoms with E-state index in [0.717, 1.165) is 0 Å². The molecular formula is C11H20N2O5S2. The van der Waals surface area contributed by atoms with Crippen molar-refractivity contribution in [3.63, 3.8) is 0 Å². The highest BCUT2D eigenvalue weighted by Gasteiger charge is 2.32. The third-order valence-electron chi connectivity index (χ3n) is 3.85. The van der Waals surface area contributed by atoms with Crippen LogP contribution in [0.15, 0.2) is 0 Å². The molecule has 1 N–H and O–H groups in total. The summed E-state index contributed by atoms with van der Waals surface area (Å²) in [5.74, 6) is 0.522. The van der Waals surface area contributed by atoms with Crippen molar-refractivity contribution < 1.29 is 21.6 Å². The van der Waals surface area contributed by atoms with Crippen molar-refractivity contribution in [2.45, 2.75) is 24.9 Å². The van der Waals surface area contributed by atoms with Gasteiger partial charge in [0.1, 0.15) is 0 Å². The molecule has 0 radical (unpaired) electrons. The highest BCUT2D eigenvalue weighted by atomic mass is 32.2. The SMILES string of the molecule is O=CN(CCN[C@@H]1CCS(=O)(=O)C1)[C@H]1CCS(=O)(=O)C1. The second kappa shape index (κ2) is 5.98. The van der Waals surface area contributed by atoms with Crippen molar-refractivity contribution in [1.82, 2.24) is 10.2 Å². The fourth-order valence-electron chi connectivity index (χ4n) is 2.71. The molecule has 2 atom stereocenters. The van der Waals surface area contributed by atoms with Gasteiger partial charge in [0.2, 0.25) is 6.41 Å². The Morgan fingerprint density at radius 3 is 2.20 bits per heavy atom. The van der Waals surface area contributed by atoms with Crippen molar-refractivity contribution in [3.05, 3.63) is 0 Å². The highest BCUT2D eigenvalue weighted by Crippen LogP contribution is 2.16. The number of rotatable bonds is 6. The Bertz CT molecular complexity index is 557. The second-order valence-electron chi connectivity index (χ2n) is 5.45. The third-order valence-corrected chi connectivity index (χ3v) is 7.37. The number of amides is 1. The van der Waals surface area contributed by atoms with Gasteiger partial charge in [-0.2, -0.15) is 0 Å². The molecule has 2 aliphatic rings. The quantitative estimate of drug-likeness (QED) is 0.591. The minimum atomic E-state index is -3.01. The molecule has 2 saturated heterocycles. The Morgan fingerprint density at radius 1 is 1.05 bits per heavy atom. The van der Waals surface area contributed by atoms with E-state index in [-0.39, 0.29) is 35.1 Å². The van der Waals surface area contributed by atoms with E-state index in [1.807, 2.05) is 0 Å². The predicted molar refractivity (Wildman–Crippen MR) is 74.9 cm³/mol. The summed E-state index contributed by atoms with van der Waals surface area (Å²) in [7, 11) is -5.91. The molecule has 0 aliphatic carbocycles. The van der Waals surface area contributed by atoms with Gasteiger partial charge < -0.3 is 10.2 Å². The molecule has 2 aliphatic heterocycles. The smallest absolute Gasteiger partial charge is 0.210 e. The first kappa shape index (κ1) is 15.7. The zero-order valence-corrected chi connectivity index (χ0v) is 12.8. The van der Waals surface area contributed by atoms with Crippen LogP contribution in [0.25, 0.3) is 0 Å².